The summed E-state index contributed by atoms with van der Waals surface area (Å²) in [6.07, 6.45) is 1.27. The van der Waals surface area contributed by atoms with Gasteiger partial charge in [0.15, 0.2) is 11.5 Å². The smallest absolute Gasteiger partial charge is 0.231 e. The second-order valence-electron chi connectivity index (χ2n) is 8.00. The predicted octanol–water partition coefficient (Wildman–Crippen LogP) is 3.44. The third-order valence-corrected chi connectivity index (χ3v) is 5.85. The molecule has 2 aromatic carbocycles. The molecule has 0 radical (unpaired) electrons. The second kappa shape index (κ2) is 7.09. The summed E-state index contributed by atoms with van der Waals surface area (Å²) in [5.41, 5.74) is 2.57. The van der Waals surface area contributed by atoms with Gasteiger partial charge in [0.05, 0.1) is 39.7 Å². The topological polar surface area (TPSA) is 44.8 Å². The van der Waals surface area contributed by atoms with Crippen LogP contribution in [-0.4, -0.2) is 44.8 Å². The zero-order valence-electron chi connectivity index (χ0n) is 16.5. The molecule has 0 amide bonds. The molecule has 0 aliphatic carbocycles. The number of Topliss-reactive ketones (excluding diaryl/α,β-unsaturated/α-hetero) is 1. The summed E-state index contributed by atoms with van der Waals surface area (Å²) in [5, 5.41) is 0. The molecule has 28 heavy (non-hydrogen) atoms. The Morgan fingerprint density at radius 3 is 2.82 bits per heavy atom. The maximum absolute atomic E-state index is 14.0. The number of carbonyl (C=O) groups is 1. The number of ether oxygens (including phenoxy) is 3. The van der Waals surface area contributed by atoms with E-state index in [2.05, 4.69) is 14.1 Å². The number of quaternary nitrogens is 1. The summed E-state index contributed by atoms with van der Waals surface area (Å²) in [4.78, 5) is 12.9. The fourth-order valence-electron chi connectivity index (χ4n) is 4.26. The molecule has 1 atom stereocenters. The molecule has 2 heterocycles. The number of ketones is 1. The number of hydrogen-bond acceptors (Lipinski definition) is 4. The molecule has 2 aliphatic rings. The summed E-state index contributed by atoms with van der Waals surface area (Å²) < 4.78 is 31.5. The molecule has 5 nitrogen and oxygen atoms in total. The Labute approximate surface area is 164 Å². The molecule has 2 aliphatic heterocycles. The molecular weight excluding hydrogens is 361 g/mol. The Morgan fingerprint density at radius 1 is 1.29 bits per heavy atom. The van der Waals surface area contributed by atoms with Gasteiger partial charge < -0.3 is 18.7 Å². The number of hydrogen-bond donors (Lipinski definition) is 0. The van der Waals surface area contributed by atoms with Crippen LogP contribution in [0.2, 0.25) is 0 Å². The van der Waals surface area contributed by atoms with Crippen LogP contribution in [0.4, 0.5) is 4.39 Å². The minimum absolute atomic E-state index is 0.00821. The lowest BCUT2D eigenvalue weighted by Gasteiger charge is -2.43. The largest absolute Gasteiger partial charge is 0.492 e. The van der Waals surface area contributed by atoms with Crippen molar-refractivity contribution in [3.05, 3.63) is 52.8 Å². The van der Waals surface area contributed by atoms with Crippen molar-refractivity contribution in [2.45, 2.75) is 25.3 Å². The van der Waals surface area contributed by atoms with Gasteiger partial charge in [-0.25, -0.2) is 4.39 Å². The Hall–Kier alpha value is -2.60. The van der Waals surface area contributed by atoms with Crippen LogP contribution in [0.3, 0.4) is 0 Å². The van der Waals surface area contributed by atoms with Gasteiger partial charge in [-0.05, 0) is 23.3 Å². The lowest BCUT2D eigenvalue weighted by molar-refractivity contribution is -0.922. The molecule has 148 valence electrons. The second-order valence-corrected chi connectivity index (χ2v) is 8.00. The van der Waals surface area contributed by atoms with Crippen molar-refractivity contribution >= 4 is 5.78 Å². The monoisotopic (exact) mass is 386 g/mol. The first-order chi connectivity index (χ1) is 13.4. The molecule has 6 heteroatoms. The first kappa shape index (κ1) is 18.7. The number of benzene rings is 2. The van der Waals surface area contributed by atoms with E-state index >= 15 is 0 Å². The zero-order chi connectivity index (χ0) is 19.9. The van der Waals surface area contributed by atoms with Crippen LogP contribution in [0.1, 0.15) is 29.2 Å². The van der Waals surface area contributed by atoms with E-state index in [0.29, 0.717) is 33.7 Å². The average molecular weight is 386 g/mol. The van der Waals surface area contributed by atoms with E-state index in [1.165, 1.54) is 6.07 Å². The Morgan fingerprint density at radius 2 is 2.07 bits per heavy atom. The number of rotatable bonds is 5. The number of likely N-dealkylation sites (N-methyl/N-ethyl adjacent to an activating group) is 1. The molecule has 0 saturated carbocycles. The first-order valence-electron chi connectivity index (χ1n) is 9.48. The highest BCUT2D eigenvalue weighted by Gasteiger charge is 2.42. The molecule has 1 unspecified atom stereocenters. The van der Waals surface area contributed by atoms with E-state index in [-0.39, 0.29) is 30.9 Å². The van der Waals surface area contributed by atoms with E-state index in [4.69, 9.17) is 14.2 Å². The maximum Gasteiger partial charge on any atom is 0.231 e. The van der Waals surface area contributed by atoms with Crippen molar-refractivity contribution in [2.75, 3.05) is 34.5 Å². The average Bonchev–Trinajstić information content (AvgIpc) is 3.12. The van der Waals surface area contributed by atoms with Crippen molar-refractivity contribution in [2.24, 2.45) is 0 Å². The summed E-state index contributed by atoms with van der Waals surface area (Å²) in [6, 6.07) is 8.36. The lowest BCUT2D eigenvalue weighted by Crippen LogP contribution is -2.48. The van der Waals surface area contributed by atoms with Crippen LogP contribution in [0.15, 0.2) is 30.3 Å². The standard InChI is InChI=1S/C22H25FNO4/c1-24(2)9-8-15-11-19-21(28-13-27-19)22(26-3)20(15)18(24)12-16(25)10-14-6-4-5-7-17(14)23/h4-7,11,18H,8-10,12-13H2,1-3H3/q+1. The number of nitrogens with zero attached hydrogens (tertiary/aromatic N) is 1. The Bertz CT molecular complexity index is 925. The van der Waals surface area contributed by atoms with Crippen LogP contribution < -0.4 is 14.2 Å². The fourth-order valence-corrected chi connectivity index (χ4v) is 4.26. The minimum Gasteiger partial charge on any atom is -0.492 e. The van der Waals surface area contributed by atoms with Crippen LogP contribution in [0.25, 0.3) is 0 Å². The van der Waals surface area contributed by atoms with Crippen LogP contribution in [-0.2, 0) is 17.6 Å². The molecule has 0 saturated heterocycles. The van der Waals surface area contributed by atoms with Crippen molar-refractivity contribution < 1.29 is 27.9 Å². The van der Waals surface area contributed by atoms with E-state index in [1.807, 2.05) is 6.07 Å². The highest BCUT2D eigenvalue weighted by molar-refractivity contribution is 5.82. The third kappa shape index (κ3) is 3.22. The Kier molecular flexibility index (Phi) is 4.75. The minimum atomic E-state index is -0.338. The van der Waals surface area contributed by atoms with Crippen LogP contribution in [0, 0.1) is 5.82 Å². The van der Waals surface area contributed by atoms with Crippen LogP contribution in [0.5, 0.6) is 17.2 Å². The molecule has 0 N–H and O–H groups in total. The Balaban J connectivity index is 1.69. The fraction of sp³-hybridized carbons (Fsp3) is 0.409. The zero-order valence-corrected chi connectivity index (χ0v) is 16.5. The molecule has 0 bridgehead atoms. The van der Waals surface area contributed by atoms with Gasteiger partial charge in [-0.3, -0.25) is 4.79 Å². The maximum atomic E-state index is 14.0. The molecule has 2 aromatic rings. The molecule has 0 spiro atoms. The highest BCUT2D eigenvalue weighted by atomic mass is 19.1. The summed E-state index contributed by atoms with van der Waals surface area (Å²) in [6.45, 7) is 1.07. The van der Waals surface area contributed by atoms with Crippen molar-refractivity contribution in [3.63, 3.8) is 0 Å². The molecule has 4 rings (SSSR count). The molecule has 0 fully saturated rings. The van der Waals surface area contributed by atoms with Gasteiger partial charge in [-0.1, -0.05) is 18.2 Å². The summed E-state index contributed by atoms with van der Waals surface area (Å²) in [5.74, 6) is 1.62. The lowest BCUT2D eigenvalue weighted by atomic mass is 9.86. The number of methoxy groups -OCH3 is 1. The van der Waals surface area contributed by atoms with Gasteiger partial charge in [0.1, 0.15) is 17.6 Å². The molecule has 0 aromatic heterocycles. The highest BCUT2D eigenvalue weighted by Crippen LogP contribution is 2.51. The summed E-state index contributed by atoms with van der Waals surface area (Å²) >= 11 is 0. The third-order valence-electron chi connectivity index (χ3n) is 5.85. The van der Waals surface area contributed by atoms with Crippen molar-refractivity contribution in [1.29, 1.82) is 0 Å². The van der Waals surface area contributed by atoms with Gasteiger partial charge in [-0.15, -0.1) is 0 Å². The number of halogens is 1. The van der Waals surface area contributed by atoms with Gasteiger partial charge in [0.25, 0.3) is 0 Å². The summed E-state index contributed by atoms with van der Waals surface area (Å²) in [7, 11) is 5.85. The van der Waals surface area contributed by atoms with E-state index in [9.17, 15) is 9.18 Å². The van der Waals surface area contributed by atoms with E-state index in [0.717, 1.165) is 24.1 Å². The number of carbonyl (C=O) groups excluding carboxylic acids is 1. The van der Waals surface area contributed by atoms with E-state index in [1.54, 1.807) is 25.3 Å². The van der Waals surface area contributed by atoms with Crippen LogP contribution >= 0.6 is 0 Å². The van der Waals surface area contributed by atoms with Gasteiger partial charge in [0.2, 0.25) is 12.5 Å². The normalized spacial score (nSPS) is 19.2. The van der Waals surface area contributed by atoms with Gasteiger partial charge >= 0.3 is 0 Å². The predicted molar refractivity (Wildman–Crippen MR) is 102 cm³/mol. The first-order valence-corrected chi connectivity index (χ1v) is 9.48. The SMILES string of the molecule is COc1c2c(cc3c1C(CC(=O)Cc1ccccc1F)[N+](C)(C)CC3)OCO2. The van der Waals surface area contributed by atoms with Gasteiger partial charge in [-0.2, -0.15) is 0 Å². The van der Waals surface area contributed by atoms with Gasteiger partial charge in [0, 0.05) is 12.8 Å². The quantitative estimate of drug-likeness (QED) is 0.739. The number of fused-ring (bicyclic) bond motifs is 2. The molecular formula is C22H25FNO4+. The van der Waals surface area contributed by atoms with Crippen molar-refractivity contribution in [1.82, 2.24) is 0 Å². The van der Waals surface area contributed by atoms with Crippen molar-refractivity contribution in [3.8, 4) is 17.2 Å². The van der Waals surface area contributed by atoms with E-state index < -0.39 is 0 Å².